The molecule has 0 amide bonds. The fourth-order valence-corrected chi connectivity index (χ4v) is 0.768. The molecule has 1 aromatic carbocycles. The molecule has 0 bridgehead atoms. The van der Waals surface area contributed by atoms with Gasteiger partial charge in [0, 0.05) is 0 Å². The minimum absolute atomic E-state index is 0.00407. The molecule has 0 heterocycles. The molecule has 0 saturated heterocycles. The van der Waals surface area contributed by atoms with Crippen molar-refractivity contribution in [3.63, 3.8) is 0 Å². The maximum atomic E-state index is 8.88. The SMILES string of the molecule is Oc1[c]c(O)c(I)cc1. The lowest BCUT2D eigenvalue weighted by molar-refractivity contribution is 0.446. The molecule has 2 N–H and O–H groups in total. The topological polar surface area (TPSA) is 40.5 Å². The molecule has 2 nitrogen and oxygen atoms in total. The summed E-state index contributed by atoms with van der Waals surface area (Å²) in [5.74, 6) is -0.0384. The Hall–Kier alpha value is -0.450. The van der Waals surface area contributed by atoms with E-state index < -0.39 is 0 Å². The van der Waals surface area contributed by atoms with Crippen molar-refractivity contribution in [3.05, 3.63) is 21.8 Å². The standard InChI is InChI=1S/C6H4IO2/c7-5-2-1-4(8)3-6(5)9/h1-2,8-9H. The van der Waals surface area contributed by atoms with Gasteiger partial charge in [0.05, 0.1) is 9.64 Å². The third-order valence-corrected chi connectivity index (χ3v) is 1.73. The Morgan fingerprint density at radius 3 is 2.44 bits per heavy atom. The average Bonchev–Trinajstić information content (AvgIpc) is 1.80. The summed E-state index contributed by atoms with van der Waals surface area (Å²) >= 11 is 1.95. The molecule has 1 rings (SSSR count). The molecule has 0 aromatic heterocycles. The fourth-order valence-electron chi connectivity index (χ4n) is 0.454. The Morgan fingerprint density at radius 1 is 1.33 bits per heavy atom. The van der Waals surface area contributed by atoms with E-state index in [2.05, 4.69) is 6.07 Å². The molecule has 9 heavy (non-hydrogen) atoms. The van der Waals surface area contributed by atoms with Gasteiger partial charge in [-0.25, -0.2) is 0 Å². The zero-order valence-corrected chi connectivity index (χ0v) is 6.58. The molecule has 1 radical (unpaired) electrons. The van der Waals surface area contributed by atoms with E-state index in [0.717, 1.165) is 0 Å². The molecule has 0 atom stereocenters. The number of hydrogen-bond donors (Lipinski definition) is 2. The first-order valence-electron chi connectivity index (χ1n) is 2.30. The highest BCUT2D eigenvalue weighted by Crippen LogP contribution is 2.22. The zero-order chi connectivity index (χ0) is 6.85. The highest BCUT2D eigenvalue weighted by atomic mass is 127. The summed E-state index contributed by atoms with van der Waals surface area (Å²) in [5, 5.41) is 17.6. The van der Waals surface area contributed by atoms with Crippen molar-refractivity contribution in [1.29, 1.82) is 0 Å². The predicted molar refractivity (Wildman–Crippen MR) is 41.3 cm³/mol. The average molecular weight is 235 g/mol. The summed E-state index contributed by atoms with van der Waals surface area (Å²) in [5.41, 5.74) is 0. The van der Waals surface area contributed by atoms with Crippen LogP contribution in [0.5, 0.6) is 11.5 Å². The third kappa shape index (κ3) is 1.48. The predicted octanol–water partition coefficient (Wildman–Crippen LogP) is 1.50. The molecule has 0 saturated carbocycles. The zero-order valence-electron chi connectivity index (χ0n) is 4.43. The van der Waals surface area contributed by atoms with Gasteiger partial charge in [-0.15, -0.1) is 0 Å². The first kappa shape index (κ1) is 6.67. The summed E-state index contributed by atoms with van der Waals surface area (Å²) in [4.78, 5) is 0. The van der Waals surface area contributed by atoms with E-state index in [-0.39, 0.29) is 11.5 Å². The second kappa shape index (κ2) is 2.43. The molecule has 47 valence electrons. The van der Waals surface area contributed by atoms with Gasteiger partial charge in [-0.1, -0.05) is 0 Å². The first-order chi connectivity index (χ1) is 4.20. The summed E-state index contributed by atoms with van der Waals surface area (Å²) in [7, 11) is 0. The van der Waals surface area contributed by atoms with Crippen LogP contribution in [0, 0.1) is 9.64 Å². The van der Waals surface area contributed by atoms with Gasteiger partial charge in [0.15, 0.2) is 0 Å². The largest absolute Gasteiger partial charge is 0.507 e. The van der Waals surface area contributed by atoms with E-state index >= 15 is 0 Å². The maximum absolute atomic E-state index is 8.88. The van der Waals surface area contributed by atoms with Crippen molar-refractivity contribution in [2.75, 3.05) is 0 Å². The second-order valence-corrected chi connectivity index (χ2v) is 2.70. The molecule has 0 aliphatic rings. The van der Waals surface area contributed by atoms with Crippen molar-refractivity contribution in [3.8, 4) is 11.5 Å². The molecule has 3 heteroatoms. The van der Waals surface area contributed by atoms with Crippen molar-refractivity contribution in [1.82, 2.24) is 0 Å². The van der Waals surface area contributed by atoms with Gasteiger partial charge < -0.3 is 10.2 Å². The van der Waals surface area contributed by atoms with Gasteiger partial charge in [0.2, 0.25) is 0 Å². The lowest BCUT2D eigenvalue weighted by Crippen LogP contribution is -1.71. The number of phenolic OH excluding ortho intramolecular Hbond substituents is 2. The number of rotatable bonds is 0. The molecule has 0 fully saturated rings. The number of aromatic hydroxyl groups is 2. The van der Waals surface area contributed by atoms with Gasteiger partial charge in [-0.05, 0) is 34.7 Å². The molecule has 0 spiro atoms. The van der Waals surface area contributed by atoms with E-state index in [9.17, 15) is 0 Å². The van der Waals surface area contributed by atoms with Crippen molar-refractivity contribution in [2.45, 2.75) is 0 Å². The molecule has 0 unspecified atom stereocenters. The van der Waals surface area contributed by atoms with Crippen LogP contribution in [-0.4, -0.2) is 10.2 Å². The van der Waals surface area contributed by atoms with E-state index in [0.29, 0.717) is 3.57 Å². The minimum Gasteiger partial charge on any atom is -0.507 e. The number of phenols is 2. The lowest BCUT2D eigenvalue weighted by atomic mass is 10.3. The maximum Gasteiger partial charge on any atom is 0.140 e. The summed E-state index contributed by atoms with van der Waals surface area (Å²) in [6, 6.07) is 5.43. The van der Waals surface area contributed by atoms with Crippen LogP contribution in [0.1, 0.15) is 0 Å². The smallest absolute Gasteiger partial charge is 0.140 e. The van der Waals surface area contributed by atoms with Crippen LogP contribution in [0.25, 0.3) is 0 Å². The van der Waals surface area contributed by atoms with Crippen molar-refractivity contribution >= 4 is 22.6 Å². The van der Waals surface area contributed by atoms with Gasteiger partial charge in [0.25, 0.3) is 0 Å². The van der Waals surface area contributed by atoms with Gasteiger partial charge in [-0.2, -0.15) is 0 Å². The molecular formula is C6H4IO2. The normalized spacial score (nSPS) is 9.44. The molecule has 0 aliphatic heterocycles. The van der Waals surface area contributed by atoms with E-state index in [1.54, 1.807) is 6.07 Å². The highest BCUT2D eigenvalue weighted by molar-refractivity contribution is 14.1. The second-order valence-electron chi connectivity index (χ2n) is 1.54. The van der Waals surface area contributed by atoms with Crippen molar-refractivity contribution < 1.29 is 10.2 Å². The van der Waals surface area contributed by atoms with Crippen LogP contribution in [0.2, 0.25) is 0 Å². The highest BCUT2D eigenvalue weighted by Gasteiger charge is 1.96. The Kier molecular flexibility index (Phi) is 1.80. The minimum atomic E-state index is -0.0343. The fraction of sp³-hybridized carbons (Fsp3) is 0. The van der Waals surface area contributed by atoms with Gasteiger partial charge in [-0.3, -0.25) is 0 Å². The number of halogens is 1. The van der Waals surface area contributed by atoms with Crippen LogP contribution < -0.4 is 0 Å². The molecular weight excluding hydrogens is 231 g/mol. The Bertz CT molecular complexity index is 222. The van der Waals surface area contributed by atoms with Gasteiger partial charge >= 0.3 is 0 Å². The summed E-state index contributed by atoms with van der Waals surface area (Å²) < 4.78 is 0.686. The van der Waals surface area contributed by atoms with Crippen molar-refractivity contribution in [2.24, 2.45) is 0 Å². The Morgan fingerprint density at radius 2 is 2.00 bits per heavy atom. The van der Waals surface area contributed by atoms with Crippen LogP contribution in [-0.2, 0) is 0 Å². The van der Waals surface area contributed by atoms with Crippen LogP contribution in [0.15, 0.2) is 12.1 Å². The van der Waals surface area contributed by atoms with E-state index in [4.69, 9.17) is 10.2 Å². The first-order valence-corrected chi connectivity index (χ1v) is 3.38. The Balaban J connectivity index is 3.17. The van der Waals surface area contributed by atoms with Gasteiger partial charge in [0.1, 0.15) is 11.5 Å². The summed E-state index contributed by atoms with van der Waals surface area (Å²) in [6.45, 7) is 0. The lowest BCUT2D eigenvalue weighted by Gasteiger charge is -1.93. The van der Waals surface area contributed by atoms with Crippen LogP contribution in [0.4, 0.5) is 0 Å². The number of hydrogen-bond acceptors (Lipinski definition) is 2. The monoisotopic (exact) mass is 235 g/mol. The van der Waals surface area contributed by atoms with Crippen LogP contribution >= 0.6 is 22.6 Å². The number of benzene rings is 1. The summed E-state index contributed by atoms with van der Waals surface area (Å²) in [6.07, 6.45) is 0. The Labute approximate surface area is 66.3 Å². The van der Waals surface area contributed by atoms with Crippen LogP contribution in [0.3, 0.4) is 0 Å². The quantitative estimate of drug-likeness (QED) is 0.669. The molecule has 1 aromatic rings. The third-order valence-electron chi connectivity index (χ3n) is 0.860. The molecule has 0 aliphatic carbocycles. The van der Waals surface area contributed by atoms with E-state index in [1.165, 1.54) is 6.07 Å². The van der Waals surface area contributed by atoms with E-state index in [1.807, 2.05) is 22.6 Å².